The first-order valence-corrected chi connectivity index (χ1v) is 17.6. The highest BCUT2D eigenvalue weighted by Gasteiger charge is 2.21. The molecule has 1 atom stereocenters. The van der Waals surface area contributed by atoms with Crippen LogP contribution in [-0.4, -0.2) is 23.7 Å². The van der Waals surface area contributed by atoms with E-state index in [0.29, 0.717) is 13.0 Å². The van der Waals surface area contributed by atoms with Crippen LogP contribution >= 0.6 is 0 Å². The van der Waals surface area contributed by atoms with Gasteiger partial charge in [-0.3, -0.25) is 9.59 Å². The van der Waals surface area contributed by atoms with Crippen molar-refractivity contribution in [2.45, 2.75) is 194 Å². The smallest absolute Gasteiger partial charge is 0.307 e. The van der Waals surface area contributed by atoms with Crippen LogP contribution in [-0.2, 0) is 14.3 Å². The predicted octanol–water partition coefficient (Wildman–Crippen LogP) is 11.7. The van der Waals surface area contributed by atoms with Gasteiger partial charge in [-0.15, -0.1) is 0 Å². The molecule has 0 aliphatic heterocycles. The fraction of sp³-hybridized carbons (Fsp3) is 0.889. The monoisotopic (exact) mass is 565 g/mol. The van der Waals surface area contributed by atoms with E-state index in [4.69, 9.17) is 4.74 Å². The average molecular weight is 565 g/mol. The highest BCUT2D eigenvalue weighted by molar-refractivity contribution is 5.78. The van der Waals surface area contributed by atoms with Crippen molar-refractivity contribution in [3.05, 3.63) is 12.2 Å². The molecule has 0 rings (SSSR count). The highest BCUT2D eigenvalue weighted by Crippen LogP contribution is 2.17. The Morgan fingerprint density at radius 3 is 1.30 bits per heavy atom. The van der Waals surface area contributed by atoms with E-state index in [1.807, 2.05) is 6.92 Å². The van der Waals surface area contributed by atoms with Crippen LogP contribution in [0.3, 0.4) is 0 Å². The summed E-state index contributed by atoms with van der Waals surface area (Å²) in [6.45, 7) is 4.59. The van der Waals surface area contributed by atoms with Crippen LogP contribution in [0.4, 0.5) is 0 Å². The van der Waals surface area contributed by atoms with E-state index in [0.717, 1.165) is 25.7 Å². The summed E-state index contributed by atoms with van der Waals surface area (Å²) in [6.07, 6.45) is 39.6. The number of carbonyl (C=O) groups is 2. The number of carboxylic acids is 1. The van der Waals surface area contributed by atoms with Crippen molar-refractivity contribution in [3.63, 3.8) is 0 Å². The molecule has 0 radical (unpaired) electrons. The summed E-state index contributed by atoms with van der Waals surface area (Å²) in [5, 5.41) is 9.32. The Kier molecular flexibility index (Phi) is 31.1. The first kappa shape index (κ1) is 38.7. The summed E-state index contributed by atoms with van der Waals surface area (Å²) in [7, 11) is 0. The first-order valence-electron chi connectivity index (χ1n) is 17.6. The molecule has 0 aromatic rings. The lowest BCUT2D eigenvalue weighted by atomic mass is 9.98. The molecule has 40 heavy (non-hydrogen) atoms. The maximum absolute atomic E-state index is 11.7. The predicted molar refractivity (Wildman–Crippen MR) is 172 cm³/mol. The molecule has 1 N–H and O–H groups in total. The van der Waals surface area contributed by atoms with Gasteiger partial charge in [0.1, 0.15) is 0 Å². The minimum atomic E-state index is -0.896. The summed E-state index contributed by atoms with van der Waals surface area (Å²) in [5.74, 6) is -1.92. The lowest BCUT2D eigenvalue weighted by molar-refractivity contribution is -0.151. The van der Waals surface area contributed by atoms with Crippen molar-refractivity contribution in [2.75, 3.05) is 6.61 Å². The lowest BCUT2D eigenvalue weighted by Gasteiger charge is -2.11. The van der Waals surface area contributed by atoms with Gasteiger partial charge in [0.05, 0.1) is 18.9 Å². The summed E-state index contributed by atoms with van der Waals surface area (Å²) < 4.78 is 5.02. The van der Waals surface area contributed by atoms with Gasteiger partial charge in [0.2, 0.25) is 0 Å². The molecule has 0 saturated heterocycles. The molecular weight excluding hydrogens is 496 g/mol. The second kappa shape index (κ2) is 32.2. The Morgan fingerprint density at radius 1 is 0.550 bits per heavy atom. The zero-order valence-electron chi connectivity index (χ0n) is 26.9. The Morgan fingerprint density at radius 2 is 0.925 bits per heavy atom. The third-order valence-electron chi connectivity index (χ3n) is 8.04. The van der Waals surface area contributed by atoms with E-state index in [9.17, 15) is 14.7 Å². The molecule has 0 fully saturated rings. The third kappa shape index (κ3) is 29.7. The molecule has 0 bridgehead atoms. The molecule has 0 saturated carbocycles. The first-order chi connectivity index (χ1) is 19.6. The van der Waals surface area contributed by atoms with E-state index in [-0.39, 0.29) is 6.42 Å². The molecule has 236 valence electrons. The summed E-state index contributed by atoms with van der Waals surface area (Å²) in [5.41, 5.74) is 0. The molecule has 0 aliphatic rings. The second-order valence-electron chi connectivity index (χ2n) is 12.1. The van der Waals surface area contributed by atoms with Crippen LogP contribution in [0.5, 0.6) is 0 Å². The Balaban J connectivity index is 3.32. The maximum Gasteiger partial charge on any atom is 0.307 e. The number of rotatable bonds is 32. The van der Waals surface area contributed by atoms with E-state index in [1.54, 1.807) is 0 Å². The van der Waals surface area contributed by atoms with E-state index in [2.05, 4.69) is 19.1 Å². The van der Waals surface area contributed by atoms with E-state index in [1.165, 1.54) is 141 Å². The van der Waals surface area contributed by atoms with Crippen molar-refractivity contribution in [2.24, 2.45) is 5.92 Å². The van der Waals surface area contributed by atoms with E-state index >= 15 is 0 Å². The van der Waals surface area contributed by atoms with Crippen molar-refractivity contribution >= 4 is 11.9 Å². The highest BCUT2D eigenvalue weighted by atomic mass is 16.5. The van der Waals surface area contributed by atoms with Gasteiger partial charge in [-0.25, -0.2) is 0 Å². The van der Waals surface area contributed by atoms with E-state index < -0.39 is 17.9 Å². The van der Waals surface area contributed by atoms with Gasteiger partial charge < -0.3 is 9.84 Å². The number of aliphatic carboxylic acids is 1. The molecule has 0 aliphatic carbocycles. The number of unbranched alkanes of at least 4 members (excludes halogenated alkanes) is 23. The molecule has 1 unspecified atom stereocenters. The zero-order chi connectivity index (χ0) is 29.4. The fourth-order valence-electron chi connectivity index (χ4n) is 5.38. The average Bonchev–Trinajstić information content (AvgIpc) is 2.94. The Bertz CT molecular complexity index is 571. The minimum Gasteiger partial charge on any atom is -0.481 e. The summed E-state index contributed by atoms with van der Waals surface area (Å²) in [4.78, 5) is 23.0. The molecule has 0 amide bonds. The molecule has 0 aromatic carbocycles. The van der Waals surface area contributed by atoms with Crippen LogP contribution < -0.4 is 0 Å². The number of ether oxygens (including phenoxy) is 1. The molecule has 4 heteroatoms. The number of esters is 1. The quantitative estimate of drug-likeness (QED) is 0.0501. The largest absolute Gasteiger partial charge is 0.481 e. The fourth-order valence-corrected chi connectivity index (χ4v) is 5.38. The van der Waals surface area contributed by atoms with Crippen molar-refractivity contribution in [1.29, 1.82) is 0 Å². The zero-order valence-corrected chi connectivity index (χ0v) is 26.9. The number of hydrogen-bond donors (Lipinski definition) is 1. The normalized spacial score (nSPS) is 12.2. The van der Waals surface area contributed by atoms with Crippen LogP contribution in [0, 0.1) is 5.92 Å². The van der Waals surface area contributed by atoms with Crippen molar-refractivity contribution in [1.82, 2.24) is 0 Å². The second-order valence-corrected chi connectivity index (χ2v) is 12.1. The van der Waals surface area contributed by atoms with Crippen molar-refractivity contribution in [3.8, 4) is 0 Å². The van der Waals surface area contributed by atoms with Gasteiger partial charge in [-0.2, -0.15) is 0 Å². The van der Waals surface area contributed by atoms with Crippen molar-refractivity contribution < 1.29 is 19.4 Å². The molecule has 4 nitrogen and oxygen atoms in total. The van der Waals surface area contributed by atoms with Crippen LogP contribution in [0.25, 0.3) is 0 Å². The number of carboxylic acid groups (broad SMARTS) is 1. The van der Waals surface area contributed by atoms with Gasteiger partial charge in [-0.1, -0.05) is 161 Å². The van der Waals surface area contributed by atoms with Crippen LogP contribution in [0.15, 0.2) is 12.2 Å². The molecule has 0 heterocycles. The Labute approximate surface area is 249 Å². The van der Waals surface area contributed by atoms with Gasteiger partial charge >= 0.3 is 11.9 Å². The Hall–Kier alpha value is -1.32. The number of hydrogen-bond acceptors (Lipinski definition) is 3. The standard InChI is InChI=1S/C36H68O4/c1-3-5-6-7-8-9-10-11-12-13-14-15-16-17-18-19-20-21-22-23-24-25-26-27-28-29-30-31-34(36(38)39)33-35(37)40-32-4-2/h27-28,34H,3-26,29-33H2,1-2H3,(H,38,39)/b28-27+. The third-order valence-corrected chi connectivity index (χ3v) is 8.04. The SMILES string of the molecule is CCCCCCCCCCCCCCCCCCCCCCCC/C=C/CCCC(CC(=O)OCCC)C(=O)O. The van der Waals surface area contributed by atoms with Gasteiger partial charge in [0, 0.05) is 0 Å². The van der Waals surface area contributed by atoms with Gasteiger partial charge in [0.15, 0.2) is 0 Å². The van der Waals surface area contributed by atoms with Crippen LogP contribution in [0.1, 0.15) is 194 Å². The molecular formula is C36H68O4. The summed E-state index contributed by atoms with van der Waals surface area (Å²) >= 11 is 0. The summed E-state index contributed by atoms with van der Waals surface area (Å²) in [6, 6.07) is 0. The van der Waals surface area contributed by atoms with Gasteiger partial charge in [-0.05, 0) is 38.5 Å². The minimum absolute atomic E-state index is 0.0154. The maximum atomic E-state index is 11.7. The molecule has 0 spiro atoms. The van der Waals surface area contributed by atoms with Crippen LogP contribution in [0.2, 0.25) is 0 Å². The lowest BCUT2D eigenvalue weighted by Crippen LogP contribution is -2.19. The number of carbonyl (C=O) groups excluding carboxylic acids is 1. The number of allylic oxidation sites excluding steroid dienone is 2. The molecule has 0 aromatic heterocycles. The topological polar surface area (TPSA) is 63.6 Å². The van der Waals surface area contributed by atoms with Gasteiger partial charge in [0.25, 0.3) is 0 Å².